The molecule has 0 atom stereocenters. The maximum atomic E-state index is 3.77. The second-order valence-electron chi connectivity index (χ2n) is 2.53. The summed E-state index contributed by atoms with van der Waals surface area (Å²) in [5.74, 6) is 1.28. The van der Waals surface area contributed by atoms with Crippen LogP contribution in [0.5, 0.6) is 0 Å². The minimum atomic E-state index is 1.14. The van der Waals surface area contributed by atoms with Gasteiger partial charge in [0.15, 0.2) is 0 Å². The van der Waals surface area contributed by atoms with Gasteiger partial charge in [-0.2, -0.15) is 12.2 Å². The first-order chi connectivity index (χ1) is 4.70. The average Bonchev–Trinajstić information content (AvgIpc) is 1.88. The molecule has 0 unspecified atom stereocenters. The third-order valence-corrected chi connectivity index (χ3v) is 1.47. The highest BCUT2D eigenvalue weighted by atomic mass is 15.0. The van der Waals surface area contributed by atoms with Gasteiger partial charge in [-0.15, -0.1) is 6.92 Å². The van der Waals surface area contributed by atoms with Crippen LogP contribution in [0.4, 0.5) is 0 Å². The van der Waals surface area contributed by atoms with Crippen molar-refractivity contribution in [1.29, 1.82) is 0 Å². The van der Waals surface area contributed by atoms with E-state index in [1.807, 2.05) is 11.6 Å². The summed E-state index contributed by atoms with van der Waals surface area (Å²) in [5, 5.41) is 0. The maximum absolute atomic E-state index is 3.77. The summed E-state index contributed by atoms with van der Waals surface area (Å²) >= 11 is 0. The molecule has 0 spiro atoms. The van der Waals surface area contributed by atoms with Crippen molar-refractivity contribution < 1.29 is 4.58 Å². The van der Waals surface area contributed by atoms with Gasteiger partial charge in [-0.05, 0) is 0 Å². The molecular weight excluding hydrogens is 122 g/mol. The smallest absolute Gasteiger partial charge is 0.118 e. The van der Waals surface area contributed by atoms with Crippen LogP contribution >= 0.6 is 0 Å². The third-order valence-electron chi connectivity index (χ3n) is 1.47. The molecule has 0 amide bonds. The van der Waals surface area contributed by atoms with E-state index in [0.717, 1.165) is 6.04 Å². The van der Waals surface area contributed by atoms with E-state index in [-0.39, 0.29) is 0 Å². The molecule has 1 heteroatoms. The molecule has 0 saturated carbocycles. The Morgan fingerprint density at radius 2 is 1.70 bits per heavy atom. The number of hydrogen-bond donors (Lipinski definition) is 0. The SMILES string of the molecule is C=[N+](C)[C-]1C=C[C-](C)C=C1. The molecule has 0 saturated heterocycles. The van der Waals surface area contributed by atoms with Crippen molar-refractivity contribution in [3.8, 4) is 0 Å². The molecule has 0 N–H and O–H groups in total. The zero-order valence-corrected chi connectivity index (χ0v) is 6.46. The zero-order chi connectivity index (χ0) is 7.56. The molecule has 0 bridgehead atoms. The molecule has 0 radical (unpaired) electrons. The Kier molecular flexibility index (Phi) is 1.86. The van der Waals surface area contributed by atoms with Gasteiger partial charge in [0.1, 0.15) is 7.05 Å². The number of allylic oxidation sites excluding steroid dienone is 2. The lowest BCUT2D eigenvalue weighted by molar-refractivity contribution is -0.457. The molecule has 0 aromatic rings. The summed E-state index contributed by atoms with van der Waals surface area (Å²) in [6.07, 6.45) is 8.28. The van der Waals surface area contributed by atoms with Crippen molar-refractivity contribution in [2.75, 3.05) is 7.05 Å². The topological polar surface area (TPSA) is 3.01 Å². The van der Waals surface area contributed by atoms with Gasteiger partial charge in [0.05, 0.1) is 6.72 Å². The second kappa shape index (κ2) is 2.65. The van der Waals surface area contributed by atoms with Crippen LogP contribution < -0.4 is 0 Å². The summed E-state index contributed by atoms with van der Waals surface area (Å²) in [6.45, 7) is 5.85. The van der Waals surface area contributed by atoms with Gasteiger partial charge < -0.3 is 4.58 Å². The van der Waals surface area contributed by atoms with Gasteiger partial charge in [-0.3, -0.25) is 0 Å². The largest absolute Gasteiger partial charge is 0.309 e. The Morgan fingerprint density at radius 1 is 1.20 bits per heavy atom. The Hall–Kier alpha value is -1.11. The first-order valence-electron chi connectivity index (χ1n) is 3.31. The Morgan fingerprint density at radius 3 is 2.10 bits per heavy atom. The van der Waals surface area contributed by atoms with E-state index in [2.05, 4.69) is 37.9 Å². The van der Waals surface area contributed by atoms with Gasteiger partial charge >= 0.3 is 0 Å². The quantitative estimate of drug-likeness (QED) is 0.291. The molecule has 1 rings (SSSR count). The predicted octanol–water partition coefficient (Wildman–Crippen LogP) is 1.58. The summed E-state index contributed by atoms with van der Waals surface area (Å²) < 4.78 is 1.85. The number of hydrogen-bond acceptors (Lipinski definition) is 0. The van der Waals surface area contributed by atoms with Crippen LogP contribution in [0.25, 0.3) is 0 Å². The van der Waals surface area contributed by atoms with Gasteiger partial charge in [-0.25, -0.2) is 18.1 Å². The van der Waals surface area contributed by atoms with Crippen LogP contribution in [0, 0.1) is 12.0 Å². The van der Waals surface area contributed by atoms with Crippen molar-refractivity contribution in [3.63, 3.8) is 0 Å². The number of nitrogens with zero attached hydrogens (tertiary/aromatic N) is 1. The van der Waals surface area contributed by atoms with E-state index < -0.39 is 0 Å². The van der Waals surface area contributed by atoms with Crippen molar-refractivity contribution in [3.05, 3.63) is 36.3 Å². The zero-order valence-electron chi connectivity index (χ0n) is 6.46. The molecule has 54 valence electrons. The highest BCUT2D eigenvalue weighted by Gasteiger charge is 1.94. The maximum Gasteiger partial charge on any atom is 0.118 e. The summed E-state index contributed by atoms with van der Waals surface area (Å²) in [5.41, 5.74) is 0. The highest BCUT2D eigenvalue weighted by Crippen LogP contribution is 2.16. The molecule has 1 aliphatic rings. The lowest BCUT2D eigenvalue weighted by Gasteiger charge is -2.24. The van der Waals surface area contributed by atoms with Crippen molar-refractivity contribution in [2.45, 2.75) is 6.92 Å². The Balaban J connectivity index is 2.62. The van der Waals surface area contributed by atoms with Crippen LogP contribution in [0.2, 0.25) is 0 Å². The Bertz CT molecular complexity index is 175. The molecule has 1 nitrogen and oxygen atoms in total. The van der Waals surface area contributed by atoms with E-state index in [4.69, 9.17) is 0 Å². The normalized spacial score (nSPS) is 16.2. The molecule has 1 aliphatic carbocycles. The van der Waals surface area contributed by atoms with Crippen LogP contribution in [0.15, 0.2) is 24.3 Å². The fraction of sp³-hybridized carbons (Fsp3) is 0.222. The van der Waals surface area contributed by atoms with Crippen LogP contribution in [0.1, 0.15) is 6.92 Å². The van der Waals surface area contributed by atoms with Gasteiger partial charge in [0.2, 0.25) is 0 Å². The number of likely N-dealkylation sites (N-methyl/N-ethyl adjacent to an activating group) is 1. The third kappa shape index (κ3) is 1.44. The minimum Gasteiger partial charge on any atom is -0.309 e. The van der Waals surface area contributed by atoms with Gasteiger partial charge in [0.25, 0.3) is 0 Å². The van der Waals surface area contributed by atoms with E-state index in [1.54, 1.807) is 0 Å². The average molecular weight is 134 g/mol. The summed E-state index contributed by atoms with van der Waals surface area (Å²) in [6, 6.07) is 1.14. The van der Waals surface area contributed by atoms with Crippen molar-refractivity contribution >= 4 is 6.72 Å². The Labute approximate surface area is 62.4 Å². The monoisotopic (exact) mass is 134 g/mol. The van der Waals surface area contributed by atoms with Crippen LogP contribution in [0.3, 0.4) is 0 Å². The fourth-order valence-electron chi connectivity index (χ4n) is 0.799. The first kappa shape index (κ1) is 7.00. The molecule has 0 fully saturated rings. The fourth-order valence-corrected chi connectivity index (χ4v) is 0.799. The second-order valence-corrected chi connectivity index (χ2v) is 2.53. The minimum absolute atomic E-state index is 1.14. The summed E-state index contributed by atoms with van der Waals surface area (Å²) in [7, 11) is 1.94. The molecule has 10 heavy (non-hydrogen) atoms. The standard InChI is InChI=1S/C9H12N/c1-8-4-6-9(7-5-8)10(2)3/h4-7H,2H2,1,3H3/q-1. The highest BCUT2D eigenvalue weighted by molar-refractivity contribution is 5.35. The van der Waals surface area contributed by atoms with E-state index in [9.17, 15) is 0 Å². The van der Waals surface area contributed by atoms with Crippen LogP contribution in [-0.2, 0) is 0 Å². The van der Waals surface area contributed by atoms with E-state index in [1.165, 1.54) is 5.92 Å². The molecule has 0 aromatic heterocycles. The van der Waals surface area contributed by atoms with Crippen molar-refractivity contribution in [1.82, 2.24) is 0 Å². The molecule has 0 aromatic carbocycles. The first-order valence-corrected chi connectivity index (χ1v) is 3.31. The number of rotatable bonds is 1. The molecule has 0 heterocycles. The van der Waals surface area contributed by atoms with Gasteiger partial charge in [0, 0.05) is 6.04 Å². The molecule has 0 aliphatic heterocycles. The lowest BCUT2D eigenvalue weighted by Crippen LogP contribution is -2.09. The van der Waals surface area contributed by atoms with E-state index in [0.29, 0.717) is 0 Å². The summed E-state index contributed by atoms with van der Waals surface area (Å²) in [4.78, 5) is 0. The van der Waals surface area contributed by atoms with Gasteiger partial charge in [-0.1, -0.05) is 0 Å². The van der Waals surface area contributed by atoms with Crippen molar-refractivity contribution in [2.24, 2.45) is 0 Å². The molecular formula is C9H12N-. The lowest BCUT2D eigenvalue weighted by atomic mass is 10.0. The van der Waals surface area contributed by atoms with Crippen LogP contribution in [-0.4, -0.2) is 18.3 Å². The van der Waals surface area contributed by atoms with E-state index >= 15 is 0 Å². The predicted molar refractivity (Wildman–Crippen MR) is 43.7 cm³/mol.